The van der Waals surface area contributed by atoms with Gasteiger partial charge in [-0.2, -0.15) is 5.26 Å². The molecule has 3 nitrogen and oxygen atoms in total. The maximum atomic E-state index is 8.60. The Morgan fingerprint density at radius 1 is 1.64 bits per heavy atom. The van der Waals surface area contributed by atoms with Crippen LogP contribution < -0.4 is 4.74 Å². The average molecular weight is 255 g/mol. The van der Waals surface area contributed by atoms with E-state index in [1.807, 2.05) is 6.07 Å². The zero-order valence-electron chi connectivity index (χ0n) is 8.12. The molecule has 0 saturated carbocycles. The van der Waals surface area contributed by atoms with Crippen LogP contribution >= 0.6 is 15.9 Å². The number of nitriles is 1. The van der Waals surface area contributed by atoms with Crippen molar-refractivity contribution in [2.75, 3.05) is 6.61 Å². The molecule has 0 saturated heterocycles. The third kappa shape index (κ3) is 3.00. The number of hydrogen-bond donors (Lipinski definition) is 0. The molecule has 74 valence electrons. The van der Waals surface area contributed by atoms with Gasteiger partial charge in [-0.05, 0) is 27.9 Å². The van der Waals surface area contributed by atoms with Gasteiger partial charge in [0.05, 0.1) is 17.3 Å². The first-order chi connectivity index (χ1) is 6.63. The maximum absolute atomic E-state index is 8.60. The second kappa shape index (κ2) is 4.97. The first-order valence-corrected chi connectivity index (χ1v) is 5.11. The molecule has 0 spiro atoms. The van der Waals surface area contributed by atoms with E-state index < -0.39 is 0 Å². The van der Waals surface area contributed by atoms with Gasteiger partial charge < -0.3 is 4.74 Å². The summed E-state index contributed by atoms with van der Waals surface area (Å²) in [6.45, 7) is 4.79. The number of nitrogens with zero attached hydrogens (tertiary/aromatic N) is 2. The smallest absolute Gasteiger partial charge is 0.151 e. The largest absolute Gasteiger partial charge is 0.491 e. The fourth-order valence-electron chi connectivity index (χ4n) is 0.842. The highest BCUT2D eigenvalue weighted by Crippen LogP contribution is 2.24. The zero-order chi connectivity index (χ0) is 10.6. The normalized spacial score (nSPS) is 9.93. The van der Waals surface area contributed by atoms with E-state index in [9.17, 15) is 0 Å². The second-order valence-corrected chi connectivity index (χ2v) is 4.17. The van der Waals surface area contributed by atoms with Crippen LogP contribution in [0.15, 0.2) is 16.7 Å². The molecule has 0 aromatic carbocycles. The van der Waals surface area contributed by atoms with Gasteiger partial charge >= 0.3 is 0 Å². The lowest BCUT2D eigenvalue weighted by atomic mass is 10.2. The molecule has 0 aliphatic heterocycles. The molecule has 4 heteroatoms. The molecule has 1 aromatic rings. The van der Waals surface area contributed by atoms with Crippen LogP contribution in [0.4, 0.5) is 0 Å². The molecule has 1 rings (SSSR count). The van der Waals surface area contributed by atoms with Gasteiger partial charge in [-0.3, -0.25) is 0 Å². The first kappa shape index (κ1) is 11.0. The Balaban J connectivity index is 2.75. The Morgan fingerprint density at radius 2 is 2.36 bits per heavy atom. The van der Waals surface area contributed by atoms with Crippen molar-refractivity contribution < 1.29 is 4.74 Å². The van der Waals surface area contributed by atoms with Crippen LogP contribution in [0, 0.1) is 17.2 Å². The van der Waals surface area contributed by atoms with Crippen molar-refractivity contribution in [1.29, 1.82) is 5.26 Å². The van der Waals surface area contributed by atoms with Gasteiger partial charge in [0.2, 0.25) is 0 Å². The summed E-state index contributed by atoms with van der Waals surface area (Å²) in [4.78, 5) is 3.92. The summed E-state index contributed by atoms with van der Waals surface area (Å²) in [7, 11) is 0. The fourth-order valence-corrected chi connectivity index (χ4v) is 1.28. The van der Waals surface area contributed by atoms with Crippen LogP contribution in [0.1, 0.15) is 19.5 Å². The van der Waals surface area contributed by atoms with E-state index in [1.54, 1.807) is 12.3 Å². The van der Waals surface area contributed by atoms with Crippen LogP contribution in [0.25, 0.3) is 0 Å². The molecular weight excluding hydrogens is 244 g/mol. The third-order valence-corrected chi connectivity index (χ3v) is 2.13. The van der Waals surface area contributed by atoms with E-state index in [2.05, 4.69) is 34.8 Å². The quantitative estimate of drug-likeness (QED) is 0.834. The van der Waals surface area contributed by atoms with Crippen molar-refractivity contribution in [2.24, 2.45) is 5.92 Å². The van der Waals surface area contributed by atoms with Gasteiger partial charge in [-0.1, -0.05) is 13.8 Å². The SMILES string of the molecule is CC(C)COc1cnc(C#N)cc1Br. The van der Waals surface area contributed by atoms with Crippen molar-refractivity contribution in [3.63, 3.8) is 0 Å². The Morgan fingerprint density at radius 3 is 2.86 bits per heavy atom. The van der Waals surface area contributed by atoms with Crippen LogP contribution in [0.3, 0.4) is 0 Å². The lowest BCUT2D eigenvalue weighted by molar-refractivity contribution is 0.268. The molecule has 0 aliphatic rings. The maximum Gasteiger partial charge on any atom is 0.151 e. The first-order valence-electron chi connectivity index (χ1n) is 4.32. The van der Waals surface area contributed by atoms with Gasteiger partial charge in [-0.15, -0.1) is 0 Å². The highest BCUT2D eigenvalue weighted by atomic mass is 79.9. The Kier molecular flexibility index (Phi) is 3.90. The van der Waals surface area contributed by atoms with Gasteiger partial charge in [0.1, 0.15) is 11.8 Å². The molecule has 0 aliphatic carbocycles. The van der Waals surface area contributed by atoms with Crippen LogP contribution in [-0.2, 0) is 0 Å². The summed E-state index contributed by atoms with van der Waals surface area (Å²) in [6.07, 6.45) is 1.56. The Hall–Kier alpha value is -1.08. The van der Waals surface area contributed by atoms with E-state index in [-0.39, 0.29) is 0 Å². The van der Waals surface area contributed by atoms with E-state index >= 15 is 0 Å². The molecule has 0 unspecified atom stereocenters. The summed E-state index contributed by atoms with van der Waals surface area (Å²) in [6, 6.07) is 3.61. The predicted molar refractivity (Wildman–Crippen MR) is 57.0 cm³/mol. The van der Waals surface area contributed by atoms with E-state index in [0.29, 0.717) is 24.0 Å². The van der Waals surface area contributed by atoms with Crippen LogP contribution in [0.5, 0.6) is 5.75 Å². The van der Waals surface area contributed by atoms with E-state index in [0.717, 1.165) is 4.47 Å². The fraction of sp³-hybridized carbons (Fsp3) is 0.400. The summed E-state index contributed by atoms with van der Waals surface area (Å²) >= 11 is 3.32. The number of aromatic nitrogens is 1. The molecular formula is C10H11BrN2O. The van der Waals surface area contributed by atoms with Crippen molar-refractivity contribution in [3.8, 4) is 11.8 Å². The molecule has 1 aromatic heterocycles. The van der Waals surface area contributed by atoms with E-state index in [1.165, 1.54) is 0 Å². The summed E-state index contributed by atoms with van der Waals surface area (Å²) in [5.41, 5.74) is 0.383. The minimum atomic E-state index is 0.383. The number of rotatable bonds is 3. The van der Waals surface area contributed by atoms with Crippen molar-refractivity contribution in [3.05, 3.63) is 22.4 Å². The Labute approximate surface area is 91.8 Å². The third-order valence-electron chi connectivity index (χ3n) is 1.51. The molecule has 0 atom stereocenters. The summed E-state index contributed by atoms with van der Waals surface area (Å²) in [5.74, 6) is 1.15. The molecule has 14 heavy (non-hydrogen) atoms. The van der Waals surface area contributed by atoms with Gasteiger partial charge in [0.25, 0.3) is 0 Å². The number of hydrogen-bond acceptors (Lipinski definition) is 3. The highest BCUT2D eigenvalue weighted by molar-refractivity contribution is 9.10. The van der Waals surface area contributed by atoms with Crippen LogP contribution in [0.2, 0.25) is 0 Å². The molecule has 0 fully saturated rings. The van der Waals surface area contributed by atoms with Gasteiger partial charge in [0, 0.05) is 0 Å². The minimum absolute atomic E-state index is 0.383. The molecule has 0 amide bonds. The summed E-state index contributed by atoms with van der Waals surface area (Å²) in [5, 5.41) is 8.60. The predicted octanol–water partition coefficient (Wildman–Crippen LogP) is 2.75. The minimum Gasteiger partial charge on any atom is -0.491 e. The summed E-state index contributed by atoms with van der Waals surface area (Å²) < 4.78 is 6.25. The molecule has 0 radical (unpaired) electrons. The van der Waals surface area contributed by atoms with Crippen molar-refractivity contribution in [2.45, 2.75) is 13.8 Å². The van der Waals surface area contributed by atoms with Gasteiger partial charge in [-0.25, -0.2) is 4.98 Å². The van der Waals surface area contributed by atoms with Crippen molar-refractivity contribution in [1.82, 2.24) is 4.98 Å². The lowest BCUT2D eigenvalue weighted by Gasteiger charge is -2.09. The zero-order valence-corrected chi connectivity index (χ0v) is 9.71. The standard InChI is InChI=1S/C10H11BrN2O/c1-7(2)6-14-10-5-13-8(4-12)3-9(10)11/h3,5,7H,6H2,1-2H3. The van der Waals surface area contributed by atoms with Crippen molar-refractivity contribution >= 4 is 15.9 Å². The molecule has 1 heterocycles. The Bertz CT molecular complexity index is 358. The monoisotopic (exact) mass is 254 g/mol. The topological polar surface area (TPSA) is 45.9 Å². The second-order valence-electron chi connectivity index (χ2n) is 3.32. The van der Waals surface area contributed by atoms with Crippen LogP contribution in [-0.4, -0.2) is 11.6 Å². The van der Waals surface area contributed by atoms with E-state index in [4.69, 9.17) is 10.00 Å². The molecule has 0 N–H and O–H groups in total. The lowest BCUT2D eigenvalue weighted by Crippen LogP contribution is -2.05. The number of ether oxygens (including phenoxy) is 1. The number of halogens is 1. The molecule has 0 bridgehead atoms. The van der Waals surface area contributed by atoms with Gasteiger partial charge in [0.15, 0.2) is 5.75 Å². The number of pyridine rings is 1. The average Bonchev–Trinajstić information content (AvgIpc) is 2.15. The highest BCUT2D eigenvalue weighted by Gasteiger charge is 2.04.